The molecule has 0 aliphatic rings. The first-order valence-electron chi connectivity index (χ1n) is 9.47. The molecule has 0 unspecified atom stereocenters. The van der Waals surface area contributed by atoms with Crippen LogP contribution in [-0.2, 0) is 13.0 Å². The third-order valence-corrected chi connectivity index (χ3v) is 5.93. The fraction of sp³-hybridized carbons (Fsp3) is 0.381. The maximum absolute atomic E-state index is 12.7. The SMILES string of the molecule is CCCn1cnc2sc(C(=O)NCCc3ccc(OC)c(OC)c3)c(C)c2c1=O. The average molecular weight is 416 g/mol. The first-order chi connectivity index (χ1) is 14.0. The monoisotopic (exact) mass is 415 g/mol. The van der Waals surface area contributed by atoms with Crippen molar-refractivity contribution in [1.29, 1.82) is 0 Å². The molecule has 1 aromatic carbocycles. The summed E-state index contributed by atoms with van der Waals surface area (Å²) in [5.74, 6) is 1.14. The molecule has 7 nitrogen and oxygen atoms in total. The number of thiophene rings is 1. The van der Waals surface area contributed by atoms with Crippen LogP contribution >= 0.6 is 11.3 Å². The first-order valence-corrected chi connectivity index (χ1v) is 10.3. The third kappa shape index (κ3) is 4.27. The molecule has 0 fully saturated rings. The molecule has 0 saturated heterocycles. The molecule has 0 saturated carbocycles. The van der Waals surface area contributed by atoms with Gasteiger partial charge in [0.1, 0.15) is 4.83 Å². The van der Waals surface area contributed by atoms with E-state index >= 15 is 0 Å². The molecule has 29 heavy (non-hydrogen) atoms. The maximum Gasteiger partial charge on any atom is 0.262 e. The molecule has 0 aliphatic heterocycles. The molecular formula is C21H25N3O4S. The number of carbonyl (C=O) groups is 1. The van der Waals surface area contributed by atoms with Crippen LogP contribution in [0.5, 0.6) is 11.5 Å². The quantitative estimate of drug-likeness (QED) is 0.611. The Kier molecular flexibility index (Phi) is 6.53. The molecule has 0 spiro atoms. The van der Waals surface area contributed by atoms with Crippen LogP contribution in [0.2, 0.25) is 0 Å². The number of ether oxygens (including phenoxy) is 2. The highest BCUT2D eigenvalue weighted by Crippen LogP contribution is 2.28. The topological polar surface area (TPSA) is 82.5 Å². The molecule has 0 atom stereocenters. The van der Waals surface area contributed by atoms with Crippen LogP contribution in [0.1, 0.15) is 34.1 Å². The number of aryl methyl sites for hydroxylation is 2. The van der Waals surface area contributed by atoms with E-state index < -0.39 is 0 Å². The van der Waals surface area contributed by atoms with Gasteiger partial charge >= 0.3 is 0 Å². The number of benzene rings is 1. The Hall–Kier alpha value is -2.87. The average Bonchev–Trinajstić information content (AvgIpc) is 3.07. The van der Waals surface area contributed by atoms with E-state index in [4.69, 9.17) is 9.47 Å². The summed E-state index contributed by atoms with van der Waals surface area (Å²) in [6, 6.07) is 5.69. The van der Waals surface area contributed by atoms with E-state index in [9.17, 15) is 9.59 Å². The number of nitrogens with one attached hydrogen (secondary N) is 1. The highest BCUT2D eigenvalue weighted by molar-refractivity contribution is 7.20. The summed E-state index contributed by atoms with van der Waals surface area (Å²) in [6.07, 6.45) is 3.06. The lowest BCUT2D eigenvalue weighted by atomic mass is 10.1. The maximum atomic E-state index is 12.7. The number of methoxy groups -OCH3 is 2. The van der Waals surface area contributed by atoms with Gasteiger partial charge in [0.05, 0.1) is 30.8 Å². The molecule has 2 heterocycles. The van der Waals surface area contributed by atoms with Gasteiger partial charge in [0.25, 0.3) is 11.5 Å². The lowest BCUT2D eigenvalue weighted by molar-refractivity contribution is 0.0957. The second-order valence-electron chi connectivity index (χ2n) is 6.67. The van der Waals surface area contributed by atoms with Crippen molar-refractivity contribution in [3.05, 3.63) is 50.9 Å². The van der Waals surface area contributed by atoms with Crippen molar-refractivity contribution in [3.63, 3.8) is 0 Å². The van der Waals surface area contributed by atoms with E-state index in [1.54, 1.807) is 32.0 Å². The predicted molar refractivity (Wildman–Crippen MR) is 114 cm³/mol. The van der Waals surface area contributed by atoms with Crippen LogP contribution < -0.4 is 20.3 Å². The van der Waals surface area contributed by atoms with E-state index in [-0.39, 0.29) is 11.5 Å². The zero-order valence-corrected chi connectivity index (χ0v) is 17.9. The van der Waals surface area contributed by atoms with Crippen LogP contribution in [0.4, 0.5) is 0 Å². The van der Waals surface area contributed by atoms with E-state index in [0.29, 0.717) is 51.7 Å². The number of hydrogen-bond acceptors (Lipinski definition) is 6. The van der Waals surface area contributed by atoms with E-state index in [2.05, 4.69) is 10.3 Å². The molecule has 3 rings (SSSR count). The largest absolute Gasteiger partial charge is 0.493 e. The molecule has 8 heteroatoms. The number of rotatable bonds is 8. The van der Waals surface area contributed by atoms with Crippen molar-refractivity contribution in [2.24, 2.45) is 0 Å². The second kappa shape index (κ2) is 9.09. The highest BCUT2D eigenvalue weighted by atomic mass is 32.1. The van der Waals surface area contributed by atoms with Gasteiger partial charge in [-0.1, -0.05) is 13.0 Å². The Bertz CT molecular complexity index is 1090. The summed E-state index contributed by atoms with van der Waals surface area (Å²) in [6.45, 7) is 4.90. The van der Waals surface area contributed by atoms with E-state index in [1.165, 1.54) is 11.3 Å². The smallest absolute Gasteiger partial charge is 0.262 e. The van der Waals surface area contributed by atoms with Gasteiger partial charge in [-0.3, -0.25) is 14.2 Å². The molecule has 0 bridgehead atoms. The van der Waals surface area contributed by atoms with E-state index in [1.807, 2.05) is 25.1 Å². The number of nitrogens with zero attached hydrogens (tertiary/aromatic N) is 2. The third-order valence-electron chi connectivity index (χ3n) is 4.74. The standard InChI is InChI=1S/C21H25N3O4S/c1-5-10-24-12-23-20-17(21(24)26)13(2)18(29-20)19(25)22-9-8-14-6-7-15(27-3)16(11-14)28-4/h6-7,11-12H,5,8-10H2,1-4H3,(H,22,25). The minimum atomic E-state index is -0.188. The number of fused-ring (bicyclic) bond motifs is 1. The van der Waals surface area contributed by atoms with Crippen molar-refractivity contribution in [2.75, 3.05) is 20.8 Å². The van der Waals surface area contributed by atoms with Gasteiger partial charge in [-0.25, -0.2) is 4.98 Å². The summed E-state index contributed by atoms with van der Waals surface area (Å²) in [5, 5.41) is 3.48. The number of aromatic nitrogens is 2. The summed E-state index contributed by atoms with van der Waals surface area (Å²) in [4.78, 5) is 30.9. The Balaban J connectivity index is 1.73. The molecule has 0 aliphatic carbocycles. The Labute approximate surface area is 173 Å². The van der Waals surface area contributed by atoms with Crippen LogP contribution in [0, 0.1) is 6.92 Å². The molecule has 1 N–H and O–H groups in total. The van der Waals surface area contributed by atoms with Crippen molar-refractivity contribution in [1.82, 2.24) is 14.9 Å². The van der Waals surface area contributed by atoms with Gasteiger partial charge in [-0.15, -0.1) is 11.3 Å². The minimum Gasteiger partial charge on any atom is -0.493 e. The number of amides is 1. The van der Waals surface area contributed by atoms with Gasteiger partial charge in [-0.2, -0.15) is 0 Å². The molecule has 2 aromatic heterocycles. The van der Waals surface area contributed by atoms with Crippen molar-refractivity contribution >= 4 is 27.5 Å². The predicted octanol–water partition coefficient (Wildman–Crippen LogP) is 3.17. The van der Waals surface area contributed by atoms with Crippen LogP contribution in [0.15, 0.2) is 29.3 Å². The van der Waals surface area contributed by atoms with E-state index in [0.717, 1.165) is 12.0 Å². The molecule has 3 aromatic rings. The normalized spacial score (nSPS) is 10.9. The summed E-state index contributed by atoms with van der Waals surface area (Å²) < 4.78 is 12.2. The van der Waals surface area contributed by atoms with Crippen LogP contribution in [0.25, 0.3) is 10.2 Å². The molecule has 0 radical (unpaired) electrons. The number of hydrogen-bond donors (Lipinski definition) is 1. The van der Waals surface area contributed by atoms with Gasteiger partial charge in [0.2, 0.25) is 0 Å². The highest BCUT2D eigenvalue weighted by Gasteiger charge is 2.19. The zero-order chi connectivity index (χ0) is 21.0. The molecular weight excluding hydrogens is 390 g/mol. The second-order valence-corrected chi connectivity index (χ2v) is 7.67. The van der Waals surface area contributed by atoms with Gasteiger partial charge in [0.15, 0.2) is 11.5 Å². The lowest BCUT2D eigenvalue weighted by Gasteiger charge is -2.10. The van der Waals surface area contributed by atoms with Gasteiger partial charge in [0, 0.05) is 13.1 Å². The zero-order valence-electron chi connectivity index (χ0n) is 17.1. The Morgan fingerprint density at radius 3 is 2.69 bits per heavy atom. The summed E-state index contributed by atoms with van der Waals surface area (Å²) in [7, 11) is 3.19. The van der Waals surface area contributed by atoms with Crippen LogP contribution in [-0.4, -0.2) is 36.2 Å². The fourth-order valence-electron chi connectivity index (χ4n) is 3.21. The lowest BCUT2D eigenvalue weighted by Crippen LogP contribution is -2.25. The van der Waals surface area contributed by atoms with Crippen LogP contribution in [0.3, 0.4) is 0 Å². The fourth-order valence-corrected chi connectivity index (χ4v) is 4.27. The number of carbonyl (C=O) groups excluding carboxylic acids is 1. The molecule has 1 amide bonds. The summed E-state index contributed by atoms with van der Waals surface area (Å²) >= 11 is 1.26. The van der Waals surface area contributed by atoms with Gasteiger partial charge < -0.3 is 14.8 Å². The Morgan fingerprint density at radius 1 is 1.24 bits per heavy atom. The molecule has 154 valence electrons. The minimum absolute atomic E-state index is 0.0880. The van der Waals surface area contributed by atoms with Gasteiger partial charge in [-0.05, 0) is 43.0 Å². The first kappa shape index (κ1) is 20.9. The van der Waals surface area contributed by atoms with Crippen molar-refractivity contribution in [3.8, 4) is 11.5 Å². The van der Waals surface area contributed by atoms with Crippen molar-refractivity contribution < 1.29 is 14.3 Å². The van der Waals surface area contributed by atoms with Crippen molar-refractivity contribution in [2.45, 2.75) is 33.2 Å². The Morgan fingerprint density at radius 2 is 2.00 bits per heavy atom. The summed E-state index contributed by atoms with van der Waals surface area (Å²) in [5.41, 5.74) is 1.63.